The molecular formula is C33H38FN3O7. The van der Waals surface area contributed by atoms with Gasteiger partial charge in [-0.25, -0.2) is 18.7 Å². The lowest BCUT2D eigenvalue weighted by Gasteiger charge is -2.30. The molecule has 0 unspecified atom stereocenters. The van der Waals surface area contributed by atoms with E-state index >= 15 is 4.39 Å². The Morgan fingerprint density at radius 1 is 0.886 bits per heavy atom. The van der Waals surface area contributed by atoms with Crippen molar-refractivity contribution in [3.63, 3.8) is 0 Å². The van der Waals surface area contributed by atoms with E-state index in [1.54, 1.807) is 36.9 Å². The fourth-order valence-electron chi connectivity index (χ4n) is 4.95. The Morgan fingerprint density at radius 2 is 1.50 bits per heavy atom. The van der Waals surface area contributed by atoms with E-state index in [2.05, 4.69) is 5.32 Å². The van der Waals surface area contributed by atoms with Crippen molar-refractivity contribution in [2.24, 2.45) is 0 Å². The molecule has 2 heterocycles. The molecule has 0 fully saturated rings. The minimum Gasteiger partial charge on any atom is -0.491 e. The number of hydrogen-bond donors (Lipinski definition) is 1. The maximum Gasteiger partial charge on any atom is 0.336 e. The zero-order chi connectivity index (χ0) is 31.6. The number of esters is 2. The second-order valence-electron chi connectivity index (χ2n) is 10.1. The molecule has 1 aliphatic heterocycles. The van der Waals surface area contributed by atoms with E-state index in [9.17, 15) is 9.59 Å². The fraction of sp³-hybridized carbons (Fsp3) is 0.364. The van der Waals surface area contributed by atoms with Crippen LogP contribution in [0.15, 0.2) is 77.3 Å². The van der Waals surface area contributed by atoms with Crippen LogP contribution in [-0.2, 0) is 28.5 Å². The maximum absolute atomic E-state index is 15.3. The molecule has 0 spiro atoms. The predicted molar refractivity (Wildman–Crippen MR) is 162 cm³/mol. The number of aromatic nitrogens is 2. The summed E-state index contributed by atoms with van der Waals surface area (Å²) < 4.78 is 43.7. The average molecular weight is 608 g/mol. The third-order valence-corrected chi connectivity index (χ3v) is 6.98. The Bertz CT molecular complexity index is 1490. The Labute approximate surface area is 256 Å². The van der Waals surface area contributed by atoms with E-state index in [4.69, 9.17) is 28.8 Å². The molecule has 0 saturated heterocycles. The number of allylic oxidation sites excluding steroid dienone is 2. The van der Waals surface area contributed by atoms with Gasteiger partial charge in [0.05, 0.1) is 48.3 Å². The molecule has 0 radical (unpaired) electrons. The summed E-state index contributed by atoms with van der Waals surface area (Å²) >= 11 is 0. The second-order valence-corrected chi connectivity index (χ2v) is 10.1. The zero-order valence-electron chi connectivity index (χ0n) is 25.6. The Kier molecular flexibility index (Phi) is 11.3. The lowest BCUT2D eigenvalue weighted by atomic mass is 9.79. The molecule has 0 bridgehead atoms. The summed E-state index contributed by atoms with van der Waals surface area (Å²) in [6.45, 7) is 6.19. The number of carbonyl (C=O) groups excluding carboxylic acids is 2. The number of benzene rings is 2. The summed E-state index contributed by atoms with van der Waals surface area (Å²) in [5.74, 6) is -2.68. The van der Waals surface area contributed by atoms with Crippen LogP contribution in [0.5, 0.6) is 5.75 Å². The van der Waals surface area contributed by atoms with Crippen molar-refractivity contribution >= 4 is 11.9 Å². The molecule has 0 aliphatic carbocycles. The van der Waals surface area contributed by atoms with Crippen molar-refractivity contribution < 1.29 is 37.7 Å². The van der Waals surface area contributed by atoms with Crippen molar-refractivity contribution in [2.75, 3.05) is 47.3 Å². The van der Waals surface area contributed by atoms with Crippen LogP contribution in [0, 0.1) is 5.82 Å². The molecule has 44 heavy (non-hydrogen) atoms. The molecule has 0 atom stereocenters. The minimum absolute atomic E-state index is 0.00964. The first-order chi connectivity index (χ1) is 21.3. The first-order valence-electron chi connectivity index (χ1n) is 14.4. The highest BCUT2D eigenvalue weighted by molar-refractivity contribution is 6.00. The Morgan fingerprint density at radius 3 is 2.05 bits per heavy atom. The summed E-state index contributed by atoms with van der Waals surface area (Å²) in [5.41, 5.74) is 3.40. The van der Waals surface area contributed by atoms with Crippen molar-refractivity contribution in [3.8, 4) is 22.7 Å². The van der Waals surface area contributed by atoms with Gasteiger partial charge in [0, 0.05) is 42.9 Å². The number of rotatable bonds is 14. The molecule has 10 nitrogen and oxygen atoms in total. The SMILES string of the molecule is CCCOc1ccc(-c2nn(-c3ccccc3)cc2C2C(C(=O)OCCOC)=C(C)NC(C)=C2C(=O)OCCOC)cc1F. The Balaban J connectivity index is 1.93. The van der Waals surface area contributed by atoms with E-state index in [1.165, 1.54) is 20.3 Å². The largest absolute Gasteiger partial charge is 0.491 e. The van der Waals surface area contributed by atoms with Gasteiger partial charge in [0.15, 0.2) is 11.6 Å². The first-order valence-corrected chi connectivity index (χ1v) is 14.4. The molecule has 2 aromatic carbocycles. The van der Waals surface area contributed by atoms with Gasteiger partial charge >= 0.3 is 11.9 Å². The van der Waals surface area contributed by atoms with Crippen LogP contribution in [0.1, 0.15) is 38.7 Å². The molecule has 1 aromatic heterocycles. The van der Waals surface area contributed by atoms with Gasteiger partial charge in [-0.15, -0.1) is 0 Å². The number of carbonyl (C=O) groups is 2. The highest BCUT2D eigenvalue weighted by atomic mass is 19.1. The number of para-hydroxylation sites is 1. The summed E-state index contributed by atoms with van der Waals surface area (Å²) in [4.78, 5) is 27.3. The van der Waals surface area contributed by atoms with E-state index in [1.807, 2.05) is 37.3 Å². The number of hydrogen-bond acceptors (Lipinski definition) is 9. The van der Waals surface area contributed by atoms with Gasteiger partial charge in [-0.1, -0.05) is 25.1 Å². The van der Waals surface area contributed by atoms with Crippen molar-refractivity contribution in [1.29, 1.82) is 0 Å². The standard InChI is InChI=1S/C33H38FN3O7/c1-6-14-42-27-13-12-23(19-26(27)34)31-25(20-37(36-31)24-10-8-7-9-11-24)30-28(32(38)43-17-15-40-4)21(2)35-22(3)29(30)33(39)44-18-16-41-5/h7-13,19-20,30,35H,6,14-18H2,1-5H3. The van der Waals surface area contributed by atoms with Crippen LogP contribution in [-0.4, -0.2) is 69.0 Å². The second kappa shape index (κ2) is 15.3. The molecule has 4 rings (SSSR count). The van der Waals surface area contributed by atoms with Crippen molar-refractivity contribution in [3.05, 3.63) is 88.6 Å². The van der Waals surface area contributed by atoms with Crippen molar-refractivity contribution in [2.45, 2.75) is 33.1 Å². The van der Waals surface area contributed by atoms with Gasteiger partial charge in [-0.2, -0.15) is 5.10 Å². The number of ether oxygens (including phenoxy) is 5. The molecule has 11 heteroatoms. The topological polar surface area (TPSA) is 110 Å². The van der Waals surface area contributed by atoms with Crippen LogP contribution in [0.25, 0.3) is 16.9 Å². The average Bonchev–Trinajstić information content (AvgIpc) is 3.46. The molecule has 3 aromatic rings. The van der Waals surface area contributed by atoms with E-state index in [-0.39, 0.29) is 43.3 Å². The molecule has 1 aliphatic rings. The van der Waals surface area contributed by atoms with E-state index in [0.29, 0.717) is 34.8 Å². The number of dihydropyridines is 1. The van der Waals surface area contributed by atoms with Gasteiger partial charge in [-0.05, 0) is 50.6 Å². The van der Waals surface area contributed by atoms with Crippen molar-refractivity contribution in [1.82, 2.24) is 15.1 Å². The molecule has 0 saturated carbocycles. The lowest BCUT2D eigenvalue weighted by Crippen LogP contribution is -2.33. The van der Waals surface area contributed by atoms with Crippen LogP contribution in [0.2, 0.25) is 0 Å². The van der Waals surface area contributed by atoms with E-state index in [0.717, 1.165) is 12.1 Å². The molecule has 234 valence electrons. The third kappa shape index (κ3) is 7.35. The fourth-order valence-corrected chi connectivity index (χ4v) is 4.95. The van der Waals surface area contributed by atoms with Gasteiger partial charge in [0.2, 0.25) is 0 Å². The van der Waals surface area contributed by atoms with E-state index < -0.39 is 23.7 Å². The molecular weight excluding hydrogens is 569 g/mol. The summed E-state index contributed by atoms with van der Waals surface area (Å²) in [5, 5.41) is 7.99. The van der Waals surface area contributed by atoms with Crippen LogP contribution in [0.3, 0.4) is 0 Å². The third-order valence-electron chi connectivity index (χ3n) is 6.98. The first kappa shape index (κ1) is 32.4. The number of nitrogens with one attached hydrogen (secondary N) is 1. The monoisotopic (exact) mass is 607 g/mol. The zero-order valence-corrected chi connectivity index (χ0v) is 25.6. The van der Waals surface area contributed by atoms with Gasteiger partial charge < -0.3 is 29.0 Å². The normalized spacial score (nSPS) is 13.6. The smallest absolute Gasteiger partial charge is 0.336 e. The summed E-state index contributed by atoms with van der Waals surface area (Å²) in [6, 6.07) is 13.9. The molecule has 0 amide bonds. The summed E-state index contributed by atoms with van der Waals surface area (Å²) in [6.07, 6.45) is 2.47. The number of halogens is 1. The summed E-state index contributed by atoms with van der Waals surface area (Å²) in [7, 11) is 3.01. The number of nitrogens with zero attached hydrogens (tertiary/aromatic N) is 2. The van der Waals surface area contributed by atoms with Gasteiger partial charge in [0.25, 0.3) is 0 Å². The van der Waals surface area contributed by atoms with Gasteiger partial charge in [0.1, 0.15) is 13.2 Å². The highest BCUT2D eigenvalue weighted by Crippen LogP contribution is 2.43. The van der Waals surface area contributed by atoms with Crippen LogP contribution >= 0.6 is 0 Å². The van der Waals surface area contributed by atoms with Crippen LogP contribution in [0.4, 0.5) is 4.39 Å². The minimum atomic E-state index is -0.965. The maximum atomic E-state index is 15.3. The predicted octanol–water partition coefficient (Wildman–Crippen LogP) is 5.08. The highest BCUT2D eigenvalue weighted by Gasteiger charge is 2.40. The quantitative estimate of drug-likeness (QED) is 0.198. The van der Waals surface area contributed by atoms with Crippen LogP contribution < -0.4 is 10.1 Å². The lowest BCUT2D eigenvalue weighted by molar-refractivity contribution is -0.141. The Hall–Kier alpha value is -4.48. The number of methoxy groups -OCH3 is 2. The molecule has 1 N–H and O–H groups in total. The van der Waals surface area contributed by atoms with Gasteiger partial charge in [-0.3, -0.25) is 0 Å².